The molecule has 1 saturated heterocycles. The Morgan fingerprint density at radius 2 is 2.50 bits per heavy atom. The minimum atomic E-state index is 0.530. The predicted molar refractivity (Wildman–Crippen MR) is 69.4 cm³/mol. The summed E-state index contributed by atoms with van der Waals surface area (Å²) in [4.78, 5) is 1.36. The summed E-state index contributed by atoms with van der Waals surface area (Å²) in [6.45, 7) is 4.99. The zero-order valence-electron chi connectivity index (χ0n) is 9.54. The number of hydrogen-bond acceptors (Lipinski definition) is 3. The summed E-state index contributed by atoms with van der Waals surface area (Å²) in [5, 5.41) is 3.57. The third-order valence-corrected chi connectivity index (χ3v) is 4.30. The lowest BCUT2D eigenvalue weighted by Crippen LogP contribution is -2.38. The number of nitrogens with one attached hydrogen (secondary N) is 1. The maximum atomic E-state index is 5.95. The van der Waals surface area contributed by atoms with Crippen LogP contribution in [0.1, 0.15) is 18.2 Å². The molecule has 1 aliphatic heterocycles. The summed E-state index contributed by atoms with van der Waals surface area (Å²) in [5.41, 5.74) is 0. The van der Waals surface area contributed by atoms with Crippen molar-refractivity contribution in [3.8, 4) is 0 Å². The summed E-state index contributed by atoms with van der Waals surface area (Å²) >= 11 is 7.64. The van der Waals surface area contributed by atoms with Gasteiger partial charge in [0.1, 0.15) is 0 Å². The minimum absolute atomic E-state index is 0.530. The molecule has 1 aliphatic rings. The molecule has 2 unspecified atom stereocenters. The van der Waals surface area contributed by atoms with Gasteiger partial charge in [-0.1, -0.05) is 18.5 Å². The second-order valence-corrected chi connectivity index (χ2v) is 6.00. The van der Waals surface area contributed by atoms with E-state index in [0.29, 0.717) is 12.0 Å². The van der Waals surface area contributed by atoms with Gasteiger partial charge in [-0.2, -0.15) is 0 Å². The van der Waals surface area contributed by atoms with Crippen LogP contribution in [0.2, 0.25) is 4.34 Å². The molecule has 0 aromatic carbocycles. The van der Waals surface area contributed by atoms with Crippen LogP contribution in [-0.2, 0) is 11.2 Å². The van der Waals surface area contributed by atoms with Crippen LogP contribution in [0.4, 0.5) is 0 Å². The van der Waals surface area contributed by atoms with Crippen molar-refractivity contribution in [2.75, 3.05) is 19.8 Å². The van der Waals surface area contributed by atoms with E-state index < -0.39 is 0 Å². The second-order valence-electron chi connectivity index (χ2n) is 4.20. The Bertz CT molecular complexity index is 323. The smallest absolute Gasteiger partial charge is 0.0931 e. The second kappa shape index (κ2) is 6.01. The first-order valence-corrected chi connectivity index (χ1v) is 7.04. The van der Waals surface area contributed by atoms with E-state index in [9.17, 15) is 0 Å². The fourth-order valence-corrected chi connectivity index (χ4v) is 3.36. The molecule has 1 aromatic rings. The SMILES string of the molecule is CCNC(Cc1ccc(Cl)s1)C1CCOC1. The topological polar surface area (TPSA) is 21.3 Å². The molecule has 0 saturated carbocycles. The number of likely N-dealkylation sites (N-methyl/N-ethyl adjacent to an activating group) is 1. The third-order valence-electron chi connectivity index (χ3n) is 3.05. The fourth-order valence-electron chi connectivity index (χ4n) is 2.22. The van der Waals surface area contributed by atoms with Gasteiger partial charge in [-0.3, -0.25) is 0 Å². The summed E-state index contributed by atoms with van der Waals surface area (Å²) < 4.78 is 6.35. The van der Waals surface area contributed by atoms with Gasteiger partial charge in [-0.15, -0.1) is 11.3 Å². The third kappa shape index (κ3) is 3.20. The van der Waals surface area contributed by atoms with Gasteiger partial charge < -0.3 is 10.1 Å². The highest BCUT2D eigenvalue weighted by Crippen LogP contribution is 2.26. The van der Waals surface area contributed by atoms with Crippen molar-refractivity contribution in [3.63, 3.8) is 0 Å². The Kier molecular flexibility index (Phi) is 4.65. The lowest BCUT2D eigenvalue weighted by Gasteiger charge is -2.22. The zero-order valence-corrected chi connectivity index (χ0v) is 11.1. The predicted octanol–water partition coefficient (Wildman–Crippen LogP) is 2.96. The Labute approximate surface area is 106 Å². The van der Waals surface area contributed by atoms with Crippen molar-refractivity contribution in [2.24, 2.45) is 5.92 Å². The highest BCUT2D eigenvalue weighted by atomic mass is 35.5. The van der Waals surface area contributed by atoms with Crippen LogP contribution in [0.25, 0.3) is 0 Å². The molecule has 1 N–H and O–H groups in total. The molecule has 90 valence electrons. The Balaban J connectivity index is 1.96. The molecule has 1 fully saturated rings. The number of hydrogen-bond donors (Lipinski definition) is 1. The molecule has 0 bridgehead atoms. The molecule has 2 nitrogen and oxygen atoms in total. The number of thiophene rings is 1. The van der Waals surface area contributed by atoms with Crippen LogP contribution in [0.5, 0.6) is 0 Å². The van der Waals surface area contributed by atoms with E-state index in [1.54, 1.807) is 11.3 Å². The van der Waals surface area contributed by atoms with Gasteiger partial charge in [0.15, 0.2) is 0 Å². The Morgan fingerprint density at radius 1 is 1.62 bits per heavy atom. The minimum Gasteiger partial charge on any atom is -0.381 e. The number of ether oxygens (including phenoxy) is 1. The van der Waals surface area contributed by atoms with E-state index in [0.717, 1.165) is 30.5 Å². The zero-order chi connectivity index (χ0) is 11.4. The van der Waals surface area contributed by atoms with Crippen LogP contribution in [-0.4, -0.2) is 25.8 Å². The largest absolute Gasteiger partial charge is 0.381 e. The van der Waals surface area contributed by atoms with Crippen molar-refractivity contribution in [3.05, 3.63) is 21.3 Å². The molecule has 2 rings (SSSR count). The maximum absolute atomic E-state index is 5.95. The molecule has 0 radical (unpaired) electrons. The molecule has 2 atom stereocenters. The summed E-state index contributed by atoms with van der Waals surface area (Å²) in [7, 11) is 0. The lowest BCUT2D eigenvalue weighted by molar-refractivity contribution is 0.176. The van der Waals surface area contributed by atoms with E-state index in [4.69, 9.17) is 16.3 Å². The molecule has 0 spiro atoms. The molecule has 4 heteroatoms. The van der Waals surface area contributed by atoms with Crippen LogP contribution in [0.3, 0.4) is 0 Å². The van der Waals surface area contributed by atoms with Gasteiger partial charge in [0.05, 0.1) is 10.9 Å². The average Bonchev–Trinajstić information content (AvgIpc) is 2.88. The summed E-state index contributed by atoms with van der Waals surface area (Å²) in [6, 6.07) is 4.64. The average molecular weight is 260 g/mol. The highest BCUT2D eigenvalue weighted by molar-refractivity contribution is 7.16. The normalized spacial score (nSPS) is 22.5. The Morgan fingerprint density at radius 3 is 3.06 bits per heavy atom. The van der Waals surface area contributed by atoms with E-state index >= 15 is 0 Å². The van der Waals surface area contributed by atoms with Gasteiger partial charge in [0, 0.05) is 23.4 Å². The van der Waals surface area contributed by atoms with Crippen LogP contribution in [0, 0.1) is 5.92 Å². The van der Waals surface area contributed by atoms with Gasteiger partial charge in [0.2, 0.25) is 0 Å². The molecular weight excluding hydrogens is 242 g/mol. The summed E-state index contributed by atoms with van der Waals surface area (Å²) in [5.74, 6) is 0.654. The van der Waals surface area contributed by atoms with E-state index in [1.165, 1.54) is 11.3 Å². The highest BCUT2D eigenvalue weighted by Gasteiger charge is 2.25. The van der Waals surface area contributed by atoms with Crippen molar-refractivity contribution in [1.29, 1.82) is 0 Å². The van der Waals surface area contributed by atoms with Crippen LogP contribution in [0.15, 0.2) is 12.1 Å². The molecule has 1 aromatic heterocycles. The first-order valence-electron chi connectivity index (χ1n) is 5.85. The van der Waals surface area contributed by atoms with E-state index in [-0.39, 0.29) is 0 Å². The number of halogens is 1. The fraction of sp³-hybridized carbons (Fsp3) is 0.667. The van der Waals surface area contributed by atoms with Gasteiger partial charge in [0.25, 0.3) is 0 Å². The monoisotopic (exact) mass is 259 g/mol. The van der Waals surface area contributed by atoms with Crippen LogP contribution >= 0.6 is 22.9 Å². The van der Waals surface area contributed by atoms with E-state index in [1.807, 2.05) is 6.07 Å². The first-order chi connectivity index (χ1) is 7.79. The molecule has 0 amide bonds. The summed E-state index contributed by atoms with van der Waals surface area (Å²) in [6.07, 6.45) is 2.25. The standard InChI is InChI=1S/C12H18ClNOS/c1-2-14-11(9-5-6-15-8-9)7-10-3-4-12(13)16-10/h3-4,9,11,14H,2,5-8H2,1H3. The van der Waals surface area contributed by atoms with Gasteiger partial charge in [-0.25, -0.2) is 0 Å². The van der Waals surface area contributed by atoms with Gasteiger partial charge >= 0.3 is 0 Å². The first kappa shape index (κ1) is 12.4. The van der Waals surface area contributed by atoms with Crippen molar-refractivity contribution in [2.45, 2.75) is 25.8 Å². The van der Waals surface area contributed by atoms with E-state index in [2.05, 4.69) is 18.3 Å². The van der Waals surface area contributed by atoms with Crippen molar-refractivity contribution >= 4 is 22.9 Å². The van der Waals surface area contributed by atoms with Crippen molar-refractivity contribution in [1.82, 2.24) is 5.32 Å². The molecule has 2 heterocycles. The Hall–Kier alpha value is -0.0900. The van der Waals surface area contributed by atoms with Crippen LogP contribution < -0.4 is 5.32 Å². The molecular formula is C12H18ClNOS. The lowest BCUT2D eigenvalue weighted by atomic mass is 9.95. The molecule has 0 aliphatic carbocycles. The van der Waals surface area contributed by atoms with Gasteiger partial charge in [-0.05, 0) is 31.5 Å². The molecule has 16 heavy (non-hydrogen) atoms. The quantitative estimate of drug-likeness (QED) is 0.878. The number of rotatable bonds is 5. The van der Waals surface area contributed by atoms with Crippen molar-refractivity contribution < 1.29 is 4.74 Å². The maximum Gasteiger partial charge on any atom is 0.0931 e.